The molecule has 2 aromatic rings. The normalized spacial score (nSPS) is 12.7. The first-order chi connectivity index (χ1) is 8.06. The Morgan fingerprint density at radius 2 is 2.18 bits per heavy atom. The van der Waals surface area contributed by atoms with Crippen LogP contribution in [-0.2, 0) is 6.42 Å². The number of aliphatic hydroxyl groups excluding tert-OH is 1. The summed E-state index contributed by atoms with van der Waals surface area (Å²) in [5.41, 5.74) is 1.39. The van der Waals surface area contributed by atoms with E-state index in [1.807, 2.05) is 0 Å². The van der Waals surface area contributed by atoms with Crippen LogP contribution in [0.5, 0.6) is 0 Å². The Labute approximate surface area is 104 Å². The fraction of sp³-hybridized carbons (Fsp3) is 0.231. The first-order valence-corrected chi connectivity index (χ1v) is 5.61. The molecule has 1 heterocycles. The van der Waals surface area contributed by atoms with E-state index < -0.39 is 11.9 Å². The highest BCUT2D eigenvalue weighted by molar-refractivity contribution is 6.30. The molecule has 0 saturated heterocycles. The summed E-state index contributed by atoms with van der Waals surface area (Å²) in [5, 5.41) is 10.0. The van der Waals surface area contributed by atoms with Crippen LogP contribution in [0.4, 0.5) is 4.39 Å². The van der Waals surface area contributed by atoms with Crippen molar-refractivity contribution in [1.82, 2.24) is 0 Å². The van der Waals surface area contributed by atoms with Crippen LogP contribution in [0.15, 0.2) is 34.9 Å². The maximum atomic E-state index is 13.2. The maximum Gasteiger partial charge on any atom is 0.142 e. The minimum atomic E-state index is -0.701. The molecule has 2 nitrogen and oxygen atoms in total. The van der Waals surface area contributed by atoms with Gasteiger partial charge in [-0.25, -0.2) is 4.39 Å². The third-order valence-corrected chi connectivity index (χ3v) is 2.86. The topological polar surface area (TPSA) is 33.4 Å². The molecule has 0 aliphatic rings. The van der Waals surface area contributed by atoms with Crippen molar-refractivity contribution in [3.8, 4) is 0 Å². The zero-order valence-electron chi connectivity index (χ0n) is 9.28. The van der Waals surface area contributed by atoms with Gasteiger partial charge in [0.1, 0.15) is 11.6 Å². The summed E-state index contributed by atoms with van der Waals surface area (Å²) in [6.45, 7) is 1.80. The van der Waals surface area contributed by atoms with Gasteiger partial charge in [0, 0.05) is 12.0 Å². The molecule has 17 heavy (non-hydrogen) atoms. The summed E-state index contributed by atoms with van der Waals surface area (Å²) in [7, 11) is 0. The second kappa shape index (κ2) is 4.90. The Kier molecular flexibility index (Phi) is 3.50. The van der Waals surface area contributed by atoms with Crippen molar-refractivity contribution in [3.05, 3.63) is 58.3 Å². The number of halogens is 2. The lowest BCUT2D eigenvalue weighted by molar-refractivity contribution is 0.177. The number of rotatable bonds is 3. The molecule has 1 aromatic carbocycles. The summed E-state index contributed by atoms with van der Waals surface area (Å²) in [6.07, 6.45) is 1.13. The van der Waals surface area contributed by atoms with E-state index in [9.17, 15) is 9.50 Å². The van der Waals surface area contributed by atoms with Gasteiger partial charge >= 0.3 is 0 Å². The Morgan fingerprint density at radius 3 is 2.76 bits per heavy atom. The number of aryl methyl sites for hydroxylation is 1. The molecule has 1 unspecified atom stereocenters. The minimum absolute atomic E-state index is 0.0856. The molecule has 90 valence electrons. The Bertz CT molecular complexity index is 522. The average Bonchev–Trinajstić information content (AvgIpc) is 2.70. The molecule has 1 N–H and O–H groups in total. The monoisotopic (exact) mass is 254 g/mol. The first-order valence-electron chi connectivity index (χ1n) is 5.23. The third kappa shape index (κ3) is 2.87. The van der Waals surface area contributed by atoms with Crippen molar-refractivity contribution in [2.75, 3.05) is 0 Å². The molecule has 0 aliphatic heterocycles. The standard InChI is InChI=1S/C13H12ClFO2/c1-8-4-10(7-17-8)13(16)6-9-2-3-11(14)12(15)5-9/h2-5,7,13,16H,6H2,1H3. The van der Waals surface area contributed by atoms with Crippen LogP contribution < -0.4 is 0 Å². The van der Waals surface area contributed by atoms with Crippen molar-refractivity contribution in [3.63, 3.8) is 0 Å². The van der Waals surface area contributed by atoms with Gasteiger partial charge in [0.15, 0.2) is 0 Å². The summed E-state index contributed by atoms with van der Waals surface area (Å²) in [5.74, 6) is 0.265. The van der Waals surface area contributed by atoms with Crippen LogP contribution in [0, 0.1) is 12.7 Å². The van der Waals surface area contributed by atoms with Gasteiger partial charge in [-0.1, -0.05) is 17.7 Å². The molecule has 0 radical (unpaired) electrons. The van der Waals surface area contributed by atoms with Gasteiger partial charge in [0.2, 0.25) is 0 Å². The Morgan fingerprint density at radius 1 is 1.41 bits per heavy atom. The van der Waals surface area contributed by atoms with E-state index in [2.05, 4.69) is 0 Å². The predicted octanol–water partition coefficient (Wildman–Crippen LogP) is 3.66. The van der Waals surface area contributed by atoms with Crippen molar-refractivity contribution in [2.45, 2.75) is 19.4 Å². The van der Waals surface area contributed by atoms with Crippen LogP contribution in [-0.4, -0.2) is 5.11 Å². The molecule has 0 fully saturated rings. The van der Waals surface area contributed by atoms with Crippen molar-refractivity contribution in [2.24, 2.45) is 0 Å². The van der Waals surface area contributed by atoms with Gasteiger partial charge in [-0.15, -0.1) is 0 Å². The summed E-state index contributed by atoms with van der Waals surface area (Å²) in [4.78, 5) is 0. The Hall–Kier alpha value is -1.32. The number of hydrogen-bond acceptors (Lipinski definition) is 2. The quantitative estimate of drug-likeness (QED) is 0.907. The minimum Gasteiger partial charge on any atom is -0.469 e. The smallest absolute Gasteiger partial charge is 0.142 e. The second-order valence-electron chi connectivity index (χ2n) is 3.96. The molecular weight excluding hydrogens is 243 g/mol. The van der Waals surface area contributed by atoms with Gasteiger partial charge in [-0.3, -0.25) is 0 Å². The number of aliphatic hydroxyl groups is 1. The molecule has 1 aromatic heterocycles. The molecule has 0 aliphatic carbocycles. The highest BCUT2D eigenvalue weighted by Gasteiger charge is 2.12. The third-order valence-electron chi connectivity index (χ3n) is 2.55. The van der Waals surface area contributed by atoms with Crippen LogP contribution in [0.25, 0.3) is 0 Å². The Balaban J connectivity index is 2.12. The lowest BCUT2D eigenvalue weighted by Gasteiger charge is -2.08. The highest BCUT2D eigenvalue weighted by atomic mass is 35.5. The molecule has 0 spiro atoms. The average molecular weight is 255 g/mol. The molecule has 0 amide bonds. The number of hydrogen-bond donors (Lipinski definition) is 1. The van der Waals surface area contributed by atoms with E-state index in [1.54, 1.807) is 19.1 Å². The van der Waals surface area contributed by atoms with E-state index >= 15 is 0 Å². The molecule has 0 bridgehead atoms. The van der Waals surface area contributed by atoms with Gasteiger partial charge in [0.05, 0.1) is 17.4 Å². The van der Waals surface area contributed by atoms with Gasteiger partial charge in [-0.2, -0.15) is 0 Å². The van der Waals surface area contributed by atoms with Crippen LogP contribution in [0.2, 0.25) is 5.02 Å². The van der Waals surface area contributed by atoms with Gasteiger partial charge in [0.25, 0.3) is 0 Å². The van der Waals surface area contributed by atoms with Crippen molar-refractivity contribution in [1.29, 1.82) is 0 Å². The maximum absolute atomic E-state index is 13.2. The summed E-state index contributed by atoms with van der Waals surface area (Å²) >= 11 is 5.59. The van der Waals surface area contributed by atoms with Crippen LogP contribution >= 0.6 is 11.6 Å². The number of furan rings is 1. The van der Waals surface area contributed by atoms with Gasteiger partial charge < -0.3 is 9.52 Å². The van der Waals surface area contributed by atoms with Crippen molar-refractivity contribution >= 4 is 11.6 Å². The van der Waals surface area contributed by atoms with E-state index in [1.165, 1.54) is 18.4 Å². The van der Waals surface area contributed by atoms with E-state index in [0.29, 0.717) is 17.5 Å². The molecular formula is C13H12ClFO2. The zero-order chi connectivity index (χ0) is 12.4. The van der Waals surface area contributed by atoms with Crippen LogP contribution in [0.1, 0.15) is 23.0 Å². The van der Waals surface area contributed by atoms with Crippen LogP contribution in [0.3, 0.4) is 0 Å². The number of benzene rings is 1. The lowest BCUT2D eigenvalue weighted by Crippen LogP contribution is -2.00. The predicted molar refractivity (Wildman–Crippen MR) is 63.5 cm³/mol. The zero-order valence-corrected chi connectivity index (χ0v) is 10.0. The van der Waals surface area contributed by atoms with E-state index in [0.717, 1.165) is 5.76 Å². The SMILES string of the molecule is Cc1cc(C(O)Cc2ccc(Cl)c(F)c2)co1. The highest BCUT2D eigenvalue weighted by Crippen LogP contribution is 2.22. The van der Waals surface area contributed by atoms with E-state index in [-0.39, 0.29) is 5.02 Å². The van der Waals surface area contributed by atoms with E-state index in [4.69, 9.17) is 16.0 Å². The summed E-state index contributed by atoms with van der Waals surface area (Å²) < 4.78 is 18.3. The second-order valence-corrected chi connectivity index (χ2v) is 4.37. The molecule has 0 saturated carbocycles. The fourth-order valence-electron chi connectivity index (χ4n) is 1.65. The largest absolute Gasteiger partial charge is 0.469 e. The van der Waals surface area contributed by atoms with Gasteiger partial charge in [-0.05, 0) is 30.7 Å². The first kappa shape index (κ1) is 12.1. The lowest BCUT2D eigenvalue weighted by atomic mass is 10.0. The fourth-order valence-corrected chi connectivity index (χ4v) is 1.76. The summed E-state index contributed by atoms with van der Waals surface area (Å²) in [6, 6.07) is 6.27. The molecule has 4 heteroatoms. The molecule has 1 atom stereocenters. The molecule has 2 rings (SSSR count). The van der Waals surface area contributed by atoms with Crippen molar-refractivity contribution < 1.29 is 13.9 Å².